The minimum absolute atomic E-state index is 0.0703. The molecule has 0 spiro atoms. The number of furan rings is 1. The predicted octanol–water partition coefficient (Wildman–Crippen LogP) is 4.07. The first-order chi connectivity index (χ1) is 12.5. The van der Waals surface area contributed by atoms with Crippen molar-refractivity contribution < 1.29 is 18.7 Å². The molecule has 1 unspecified atom stereocenters. The molecule has 1 aromatic rings. The molecule has 0 amide bonds. The summed E-state index contributed by atoms with van der Waals surface area (Å²) in [6.07, 6.45) is 2.07. The fourth-order valence-electron chi connectivity index (χ4n) is 3.68. The van der Waals surface area contributed by atoms with E-state index in [1.54, 1.807) is 11.8 Å². The van der Waals surface area contributed by atoms with E-state index in [0.29, 0.717) is 30.1 Å². The molecule has 0 saturated carbocycles. The maximum absolute atomic E-state index is 12.9. The monoisotopic (exact) mass is 375 g/mol. The molecule has 0 bridgehead atoms. The number of allylic oxidation sites excluding steroid dienone is 2. The fourth-order valence-corrected chi connectivity index (χ4v) is 4.16. The molecule has 0 saturated heterocycles. The van der Waals surface area contributed by atoms with Gasteiger partial charge in [0.05, 0.1) is 5.92 Å². The molecule has 0 N–H and O–H groups in total. The van der Waals surface area contributed by atoms with E-state index in [2.05, 4.69) is 11.9 Å². The van der Waals surface area contributed by atoms with Crippen LogP contribution in [0.5, 0.6) is 0 Å². The fraction of sp³-hybridized carbons (Fsp3) is 0.550. The molecule has 6 heteroatoms. The van der Waals surface area contributed by atoms with Crippen molar-refractivity contribution in [1.29, 1.82) is 0 Å². The third-order valence-electron chi connectivity index (χ3n) is 4.83. The van der Waals surface area contributed by atoms with E-state index in [0.717, 1.165) is 35.8 Å². The number of ketones is 1. The van der Waals surface area contributed by atoms with Gasteiger partial charge < -0.3 is 9.15 Å². The lowest BCUT2D eigenvalue weighted by Gasteiger charge is -2.33. The Balaban J connectivity index is 1.94. The molecule has 0 aromatic carbocycles. The van der Waals surface area contributed by atoms with Crippen LogP contribution in [0, 0.1) is 12.8 Å². The molecular formula is C20H25NO4S. The summed E-state index contributed by atoms with van der Waals surface area (Å²) in [5, 5.41) is 0. The smallest absolute Gasteiger partial charge is 0.315 e. The van der Waals surface area contributed by atoms with Crippen LogP contribution < -0.4 is 0 Å². The molecule has 5 nitrogen and oxygen atoms in total. The first-order valence-corrected chi connectivity index (χ1v) is 10.3. The van der Waals surface area contributed by atoms with E-state index in [4.69, 9.17) is 9.15 Å². The van der Waals surface area contributed by atoms with Crippen LogP contribution in [0.4, 0.5) is 0 Å². The Bertz CT molecular complexity index is 762. The molecule has 2 aliphatic rings. The van der Waals surface area contributed by atoms with Gasteiger partial charge in [0.1, 0.15) is 24.0 Å². The number of hydrogen-bond acceptors (Lipinski definition) is 6. The molecule has 1 aliphatic heterocycles. The Kier molecular flexibility index (Phi) is 6.01. The maximum atomic E-state index is 12.9. The van der Waals surface area contributed by atoms with Crippen molar-refractivity contribution in [2.24, 2.45) is 10.9 Å². The third kappa shape index (κ3) is 3.80. The van der Waals surface area contributed by atoms with E-state index in [-0.39, 0.29) is 11.8 Å². The summed E-state index contributed by atoms with van der Waals surface area (Å²) in [6.45, 7) is 6.15. The highest BCUT2D eigenvalue weighted by Gasteiger charge is 2.44. The van der Waals surface area contributed by atoms with Crippen LogP contribution >= 0.6 is 11.8 Å². The first kappa shape index (κ1) is 19.0. The largest absolute Gasteiger partial charge is 0.466 e. The average molecular weight is 375 g/mol. The summed E-state index contributed by atoms with van der Waals surface area (Å²) in [5.41, 5.74) is 2.15. The molecule has 2 heterocycles. The molecule has 0 fully saturated rings. The summed E-state index contributed by atoms with van der Waals surface area (Å²) in [7, 11) is 0. The molecule has 1 aromatic heterocycles. The van der Waals surface area contributed by atoms with E-state index in [1.165, 1.54) is 0 Å². The topological polar surface area (TPSA) is 68.9 Å². The normalized spacial score (nSPS) is 22.9. The Hall–Kier alpha value is -1.82. The van der Waals surface area contributed by atoms with Crippen LogP contribution in [0.2, 0.25) is 0 Å². The van der Waals surface area contributed by atoms with Gasteiger partial charge in [0.2, 0.25) is 0 Å². The van der Waals surface area contributed by atoms with Crippen molar-refractivity contribution in [3.05, 3.63) is 34.9 Å². The van der Waals surface area contributed by atoms with E-state index in [9.17, 15) is 9.59 Å². The number of esters is 1. The number of carbonyl (C=O) groups excluding carboxylic acids is 2. The molecule has 0 radical (unpaired) electrons. The van der Waals surface area contributed by atoms with Crippen LogP contribution in [0.25, 0.3) is 0 Å². The van der Waals surface area contributed by atoms with Gasteiger partial charge in [0, 0.05) is 29.2 Å². The van der Waals surface area contributed by atoms with Gasteiger partial charge in [-0.3, -0.25) is 14.6 Å². The minimum atomic E-state index is -0.604. The number of rotatable bonds is 6. The van der Waals surface area contributed by atoms with Crippen molar-refractivity contribution in [2.45, 2.75) is 46.0 Å². The van der Waals surface area contributed by atoms with E-state index in [1.807, 2.05) is 26.0 Å². The summed E-state index contributed by atoms with van der Waals surface area (Å²) < 4.78 is 11.4. The van der Waals surface area contributed by atoms with Gasteiger partial charge in [0.15, 0.2) is 5.78 Å². The minimum Gasteiger partial charge on any atom is -0.466 e. The molecule has 26 heavy (non-hydrogen) atoms. The van der Waals surface area contributed by atoms with Crippen molar-refractivity contribution >= 4 is 29.2 Å². The first-order valence-electron chi connectivity index (χ1n) is 9.15. The quantitative estimate of drug-likeness (QED) is 0.554. The standard InChI is InChI=1S/C20H25NO4S/c1-4-26-11-10-24-20(23)17-13(3)21-14-6-5-7-15(22)18(14)19(17)16-9-8-12(2)25-16/h8-9,17,19H,4-7,10-11H2,1-3H3/t17?,19-/m0/s1. The van der Waals surface area contributed by atoms with Gasteiger partial charge in [-0.15, -0.1) is 0 Å². The van der Waals surface area contributed by atoms with Crippen molar-refractivity contribution in [3.8, 4) is 0 Å². The Labute approximate surface area is 158 Å². The number of ether oxygens (including phenoxy) is 1. The highest BCUT2D eigenvalue weighted by molar-refractivity contribution is 7.99. The van der Waals surface area contributed by atoms with Gasteiger partial charge in [-0.05, 0) is 44.6 Å². The number of aliphatic imine (C=N–C) groups is 1. The summed E-state index contributed by atoms with van der Waals surface area (Å²) in [6, 6.07) is 3.72. The van der Waals surface area contributed by atoms with Crippen LogP contribution in [-0.2, 0) is 14.3 Å². The number of Topliss-reactive ketones (excluding diaryl/α,β-unsaturated/α-hetero) is 1. The Morgan fingerprint density at radius 1 is 1.35 bits per heavy atom. The third-order valence-corrected chi connectivity index (χ3v) is 5.70. The second kappa shape index (κ2) is 8.25. The zero-order chi connectivity index (χ0) is 18.7. The predicted molar refractivity (Wildman–Crippen MR) is 103 cm³/mol. The van der Waals surface area contributed by atoms with Crippen LogP contribution in [0.1, 0.15) is 50.5 Å². The lowest BCUT2D eigenvalue weighted by Crippen LogP contribution is -2.37. The molecule has 140 valence electrons. The van der Waals surface area contributed by atoms with Crippen LogP contribution in [0.3, 0.4) is 0 Å². The van der Waals surface area contributed by atoms with Crippen molar-refractivity contribution in [1.82, 2.24) is 0 Å². The van der Waals surface area contributed by atoms with Crippen molar-refractivity contribution in [2.75, 3.05) is 18.1 Å². The second-order valence-corrected chi connectivity index (χ2v) is 8.05. The number of nitrogens with zero attached hydrogens (tertiary/aromatic N) is 1. The molecular weight excluding hydrogens is 350 g/mol. The summed E-state index contributed by atoms with van der Waals surface area (Å²) in [4.78, 5) is 30.1. The highest BCUT2D eigenvalue weighted by Crippen LogP contribution is 2.44. The van der Waals surface area contributed by atoms with Gasteiger partial charge in [-0.2, -0.15) is 11.8 Å². The van der Waals surface area contributed by atoms with Gasteiger partial charge in [-0.25, -0.2) is 0 Å². The maximum Gasteiger partial charge on any atom is 0.315 e. The summed E-state index contributed by atoms with van der Waals surface area (Å²) >= 11 is 1.73. The zero-order valence-electron chi connectivity index (χ0n) is 15.5. The SMILES string of the molecule is CCSCCOC(=O)C1C(C)=NC2=C(C(=O)CCC2)[C@H]1c1ccc(C)o1. The van der Waals surface area contributed by atoms with E-state index < -0.39 is 11.8 Å². The Morgan fingerprint density at radius 2 is 2.15 bits per heavy atom. The number of aryl methyl sites for hydroxylation is 1. The zero-order valence-corrected chi connectivity index (χ0v) is 16.4. The lowest BCUT2D eigenvalue weighted by atomic mass is 9.74. The van der Waals surface area contributed by atoms with Gasteiger partial charge in [-0.1, -0.05) is 6.92 Å². The molecule has 3 rings (SSSR count). The van der Waals surface area contributed by atoms with Gasteiger partial charge in [0.25, 0.3) is 0 Å². The average Bonchev–Trinajstić information content (AvgIpc) is 3.03. The van der Waals surface area contributed by atoms with Gasteiger partial charge >= 0.3 is 5.97 Å². The lowest BCUT2D eigenvalue weighted by molar-refractivity contribution is -0.146. The number of hydrogen-bond donors (Lipinski definition) is 0. The number of thioether (sulfide) groups is 1. The highest BCUT2D eigenvalue weighted by atomic mass is 32.2. The van der Waals surface area contributed by atoms with Crippen LogP contribution in [-0.4, -0.2) is 35.6 Å². The molecule has 1 aliphatic carbocycles. The Morgan fingerprint density at radius 3 is 2.85 bits per heavy atom. The van der Waals surface area contributed by atoms with Crippen LogP contribution in [0.15, 0.2) is 32.8 Å². The van der Waals surface area contributed by atoms with E-state index >= 15 is 0 Å². The number of carbonyl (C=O) groups is 2. The molecule has 2 atom stereocenters. The summed E-state index contributed by atoms with van der Waals surface area (Å²) in [5.74, 6) is 1.86. The van der Waals surface area contributed by atoms with Crippen molar-refractivity contribution in [3.63, 3.8) is 0 Å². The second-order valence-electron chi connectivity index (χ2n) is 6.66.